The molecule has 1 aromatic carbocycles. The molecule has 0 aromatic heterocycles. The van der Waals surface area contributed by atoms with Crippen LogP contribution in [-0.4, -0.2) is 11.7 Å². The quantitative estimate of drug-likeness (QED) is 0.723. The van der Waals surface area contributed by atoms with Crippen molar-refractivity contribution in [2.75, 3.05) is 0 Å². The molecular weight excluding hydrogens is 222 g/mol. The zero-order valence-electron chi connectivity index (χ0n) is 8.48. The molecule has 0 unspecified atom stereocenters. The molecule has 0 atom stereocenters. The van der Waals surface area contributed by atoms with Gasteiger partial charge in [0.25, 0.3) is 0 Å². The Kier molecular flexibility index (Phi) is 3.45. The van der Waals surface area contributed by atoms with E-state index in [0.717, 1.165) is 5.56 Å². The topological polar surface area (TPSA) is 17.1 Å². The van der Waals surface area contributed by atoms with E-state index in [2.05, 4.69) is 0 Å². The van der Waals surface area contributed by atoms with Crippen LogP contribution in [0, 0.1) is 6.92 Å². The van der Waals surface area contributed by atoms with Crippen LogP contribution < -0.4 is 0 Å². The van der Waals surface area contributed by atoms with Crippen molar-refractivity contribution in [3.8, 4) is 0 Å². The maximum absolute atomic E-state index is 13.1. The van der Waals surface area contributed by atoms with Crippen LogP contribution in [0.5, 0.6) is 0 Å². The predicted molar refractivity (Wildman–Crippen MR) is 55.8 cm³/mol. The van der Waals surface area contributed by atoms with Gasteiger partial charge in [0.1, 0.15) is 0 Å². The Morgan fingerprint density at radius 1 is 1.47 bits per heavy atom. The summed E-state index contributed by atoms with van der Waals surface area (Å²) in [5.74, 6) is -4.48. The van der Waals surface area contributed by atoms with E-state index in [-0.39, 0.29) is 5.56 Å². The van der Waals surface area contributed by atoms with Gasteiger partial charge in [0, 0.05) is 17.0 Å². The molecule has 0 fully saturated rings. The summed E-state index contributed by atoms with van der Waals surface area (Å²) in [6.45, 7) is 3.02. The second kappa shape index (κ2) is 4.27. The van der Waals surface area contributed by atoms with Gasteiger partial charge in [0.15, 0.2) is 0 Å². The first-order valence-corrected chi connectivity index (χ1v) is 4.95. The maximum atomic E-state index is 13.1. The summed E-state index contributed by atoms with van der Waals surface area (Å²) in [5, 5.41) is 0.327. The molecule has 0 amide bonds. The third-order valence-corrected chi connectivity index (χ3v) is 2.62. The van der Waals surface area contributed by atoms with Crippen molar-refractivity contribution in [3.05, 3.63) is 34.3 Å². The van der Waals surface area contributed by atoms with Gasteiger partial charge in [-0.05, 0) is 18.6 Å². The zero-order valence-corrected chi connectivity index (χ0v) is 9.24. The van der Waals surface area contributed by atoms with Gasteiger partial charge in [-0.25, -0.2) is 0 Å². The monoisotopic (exact) mass is 232 g/mol. The molecule has 0 bridgehead atoms. The Balaban J connectivity index is 3.08. The van der Waals surface area contributed by atoms with E-state index in [4.69, 9.17) is 11.6 Å². The van der Waals surface area contributed by atoms with Gasteiger partial charge in [0.2, 0.25) is 5.78 Å². The number of aryl methyl sites for hydroxylation is 1. The van der Waals surface area contributed by atoms with Gasteiger partial charge in [-0.3, -0.25) is 4.79 Å². The fourth-order valence-electron chi connectivity index (χ4n) is 1.11. The molecule has 82 valence electrons. The molecule has 0 saturated carbocycles. The lowest BCUT2D eigenvalue weighted by Crippen LogP contribution is -2.27. The van der Waals surface area contributed by atoms with E-state index >= 15 is 0 Å². The largest absolute Gasteiger partial charge is 0.309 e. The molecule has 0 heterocycles. The number of carbonyl (C=O) groups excluding carboxylic acids is 1. The Morgan fingerprint density at radius 2 is 2.07 bits per heavy atom. The van der Waals surface area contributed by atoms with Crippen molar-refractivity contribution in [3.63, 3.8) is 0 Å². The van der Waals surface area contributed by atoms with Gasteiger partial charge < -0.3 is 0 Å². The molecule has 0 saturated heterocycles. The average molecular weight is 233 g/mol. The second-order valence-corrected chi connectivity index (χ2v) is 3.76. The molecular formula is C11H11ClF2O. The Morgan fingerprint density at radius 3 is 2.53 bits per heavy atom. The van der Waals surface area contributed by atoms with Crippen LogP contribution in [-0.2, 0) is 0 Å². The fraction of sp³-hybridized carbons (Fsp3) is 0.364. The summed E-state index contributed by atoms with van der Waals surface area (Å²) in [6.07, 6.45) is -0.503. The minimum atomic E-state index is -3.31. The standard InChI is InChI=1S/C11H11ClF2O/c1-3-11(13,14)10(15)8-5-4-7(2)9(12)6-8/h4-6H,3H2,1-2H3. The number of benzene rings is 1. The minimum Gasteiger partial charge on any atom is -0.287 e. The van der Waals surface area contributed by atoms with E-state index in [1.165, 1.54) is 19.1 Å². The molecule has 4 heteroatoms. The predicted octanol–water partition coefficient (Wildman–Crippen LogP) is 3.88. The van der Waals surface area contributed by atoms with E-state index in [9.17, 15) is 13.6 Å². The summed E-state index contributed by atoms with van der Waals surface area (Å²) in [4.78, 5) is 11.4. The molecule has 0 radical (unpaired) electrons. The molecule has 1 nitrogen and oxygen atoms in total. The van der Waals surface area contributed by atoms with Crippen LogP contribution in [0.1, 0.15) is 29.3 Å². The normalized spacial score (nSPS) is 11.5. The number of carbonyl (C=O) groups is 1. The van der Waals surface area contributed by atoms with E-state index in [1.807, 2.05) is 0 Å². The molecule has 0 N–H and O–H groups in total. The molecule has 15 heavy (non-hydrogen) atoms. The lowest BCUT2D eigenvalue weighted by Gasteiger charge is -2.12. The Hall–Kier alpha value is -0.960. The summed E-state index contributed by atoms with van der Waals surface area (Å²) < 4.78 is 26.1. The van der Waals surface area contributed by atoms with Crippen LogP contribution in [0.15, 0.2) is 18.2 Å². The van der Waals surface area contributed by atoms with Gasteiger partial charge in [0.05, 0.1) is 0 Å². The van der Waals surface area contributed by atoms with Gasteiger partial charge in [-0.15, -0.1) is 0 Å². The highest BCUT2D eigenvalue weighted by Crippen LogP contribution is 2.26. The summed E-state index contributed by atoms with van der Waals surface area (Å²) in [6, 6.07) is 4.21. The van der Waals surface area contributed by atoms with Crippen LogP contribution in [0.25, 0.3) is 0 Å². The summed E-state index contributed by atoms with van der Waals surface area (Å²) >= 11 is 5.75. The number of alkyl halides is 2. The van der Waals surface area contributed by atoms with Crippen molar-refractivity contribution in [1.82, 2.24) is 0 Å². The van der Waals surface area contributed by atoms with Gasteiger partial charge in [-0.1, -0.05) is 30.7 Å². The average Bonchev–Trinajstić information content (AvgIpc) is 2.21. The Labute approximate surface area is 92.1 Å². The zero-order chi connectivity index (χ0) is 11.6. The lowest BCUT2D eigenvalue weighted by atomic mass is 10.0. The SMILES string of the molecule is CCC(F)(F)C(=O)c1ccc(C)c(Cl)c1. The number of hydrogen-bond acceptors (Lipinski definition) is 1. The van der Waals surface area contributed by atoms with Crippen LogP contribution in [0.3, 0.4) is 0 Å². The van der Waals surface area contributed by atoms with Crippen molar-refractivity contribution in [2.45, 2.75) is 26.2 Å². The van der Waals surface area contributed by atoms with Crippen LogP contribution in [0.2, 0.25) is 5.02 Å². The molecule has 1 aromatic rings. The van der Waals surface area contributed by atoms with Crippen molar-refractivity contribution < 1.29 is 13.6 Å². The molecule has 0 aliphatic rings. The number of ketones is 1. The Bertz CT molecular complexity index is 388. The van der Waals surface area contributed by atoms with Gasteiger partial charge >= 0.3 is 5.92 Å². The highest BCUT2D eigenvalue weighted by Gasteiger charge is 2.37. The minimum absolute atomic E-state index is 0.0440. The third-order valence-electron chi connectivity index (χ3n) is 2.21. The number of rotatable bonds is 3. The molecule has 0 aliphatic heterocycles. The van der Waals surface area contributed by atoms with Gasteiger partial charge in [-0.2, -0.15) is 8.78 Å². The van der Waals surface area contributed by atoms with Crippen LogP contribution in [0.4, 0.5) is 8.78 Å². The summed E-state index contributed by atoms with van der Waals surface area (Å²) in [5.41, 5.74) is 0.713. The first-order chi connectivity index (χ1) is 6.88. The van der Waals surface area contributed by atoms with Crippen molar-refractivity contribution in [1.29, 1.82) is 0 Å². The number of halogens is 3. The lowest BCUT2D eigenvalue weighted by molar-refractivity contribution is 0.00805. The van der Waals surface area contributed by atoms with Crippen molar-refractivity contribution in [2.24, 2.45) is 0 Å². The number of hydrogen-bond donors (Lipinski definition) is 0. The fourth-order valence-corrected chi connectivity index (χ4v) is 1.29. The smallest absolute Gasteiger partial charge is 0.287 e. The first-order valence-electron chi connectivity index (χ1n) is 4.57. The molecule has 0 spiro atoms. The second-order valence-electron chi connectivity index (χ2n) is 3.35. The van der Waals surface area contributed by atoms with Crippen molar-refractivity contribution >= 4 is 17.4 Å². The highest BCUT2D eigenvalue weighted by molar-refractivity contribution is 6.31. The number of Topliss-reactive ketones (excluding diaryl/α,β-unsaturated/α-hetero) is 1. The highest BCUT2D eigenvalue weighted by atomic mass is 35.5. The molecule has 1 rings (SSSR count). The van der Waals surface area contributed by atoms with E-state index < -0.39 is 18.1 Å². The third kappa shape index (κ3) is 2.53. The first kappa shape index (κ1) is 12.1. The molecule has 0 aliphatic carbocycles. The maximum Gasteiger partial charge on any atom is 0.309 e. The van der Waals surface area contributed by atoms with E-state index in [0.29, 0.717) is 5.02 Å². The van der Waals surface area contributed by atoms with E-state index in [1.54, 1.807) is 13.0 Å². The summed E-state index contributed by atoms with van der Waals surface area (Å²) in [7, 11) is 0. The van der Waals surface area contributed by atoms with Crippen LogP contribution >= 0.6 is 11.6 Å².